The second-order valence-electron chi connectivity index (χ2n) is 5.20. The van der Waals surface area contributed by atoms with E-state index in [-0.39, 0.29) is 18.1 Å². The first-order chi connectivity index (χ1) is 9.08. The normalized spacial score (nSPS) is 18.4. The molecule has 0 aromatic carbocycles. The van der Waals surface area contributed by atoms with E-state index in [1.807, 2.05) is 6.92 Å². The first kappa shape index (κ1) is 14.3. The van der Waals surface area contributed by atoms with Crippen molar-refractivity contribution in [3.05, 3.63) is 11.1 Å². The van der Waals surface area contributed by atoms with Gasteiger partial charge in [-0.3, -0.25) is 5.32 Å². The molecule has 2 heterocycles. The summed E-state index contributed by atoms with van der Waals surface area (Å²) in [6, 6.07) is -0.0861. The molecule has 1 aromatic heterocycles. The molecule has 2 amide bonds. The van der Waals surface area contributed by atoms with Gasteiger partial charge in [-0.25, -0.2) is 9.78 Å². The number of aryl methyl sites for hydroxylation is 1. The number of piperidine rings is 1. The van der Waals surface area contributed by atoms with Crippen molar-refractivity contribution in [3.8, 4) is 0 Å². The molecule has 1 aromatic rings. The van der Waals surface area contributed by atoms with Gasteiger partial charge in [0.15, 0.2) is 5.13 Å². The summed E-state index contributed by atoms with van der Waals surface area (Å²) < 4.78 is 0. The van der Waals surface area contributed by atoms with Gasteiger partial charge < -0.3 is 10.0 Å². The first-order valence-electron chi connectivity index (χ1n) is 6.68. The van der Waals surface area contributed by atoms with Crippen LogP contribution in [-0.4, -0.2) is 40.7 Å². The number of rotatable bonds is 3. The van der Waals surface area contributed by atoms with Crippen LogP contribution in [0.4, 0.5) is 9.93 Å². The lowest BCUT2D eigenvalue weighted by molar-refractivity contribution is 0.0542. The molecule has 0 bridgehead atoms. The van der Waals surface area contributed by atoms with E-state index in [9.17, 15) is 9.90 Å². The number of amides is 2. The van der Waals surface area contributed by atoms with Gasteiger partial charge in [0.25, 0.3) is 0 Å². The van der Waals surface area contributed by atoms with E-state index in [0.29, 0.717) is 18.2 Å². The van der Waals surface area contributed by atoms with Crippen molar-refractivity contribution in [1.29, 1.82) is 0 Å². The number of aromatic nitrogens is 1. The van der Waals surface area contributed by atoms with Crippen molar-refractivity contribution in [1.82, 2.24) is 9.88 Å². The Kier molecular flexibility index (Phi) is 4.42. The number of hydrogen-bond acceptors (Lipinski definition) is 4. The molecule has 19 heavy (non-hydrogen) atoms. The van der Waals surface area contributed by atoms with Gasteiger partial charge >= 0.3 is 6.03 Å². The zero-order valence-corrected chi connectivity index (χ0v) is 12.3. The number of urea groups is 1. The maximum absolute atomic E-state index is 12.1. The minimum Gasteiger partial charge on any atom is -0.396 e. The zero-order valence-electron chi connectivity index (χ0n) is 11.5. The fourth-order valence-electron chi connectivity index (χ4n) is 2.39. The van der Waals surface area contributed by atoms with Crippen molar-refractivity contribution in [2.45, 2.75) is 33.1 Å². The van der Waals surface area contributed by atoms with Crippen molar-refractivity contribution >= 4 is 22.5 Å². The van der Waals surface area contributed by atoms with Gasteiger partial charge in [0.1, 0.15) is 0 Å². The molecule has 0 saturated carbocycles. The molecular weight excluding hydrogens is 262 g/mol. The van der Waals surface area contributed by atoms with Gasteiger partial charge in [-0.15, -0.1) is 11.3 Å². The summed E-state index contributed by atoms with van der Waals surface area (Å²) in [5.74, 6) is 0. The summed E-state index contributed by atoms with van der Waals surface area (Å²) in [7, 11) is 0. The second-order valence-corrected chi connectivity index (χ2v) is 6.44. The lowest BCUT2D eigenvalue weighted by Crippen LogP contribution is -2.46. The summed E-state index contributed by atoms with van der Waals surface area (Å²) in [6.07, 6.45) is 4.45. The highest BCUT2D eigenvalue weighted by Gasteiger charge is 2.33. The molecule has 6 heteroatoms. The lowest BCUT2D eigenvalue weighted by Gasteiger charge is -2.40. The van der Waals surface area contributed by atoms with Crippen LogP contribution in [0.2, 0.25) is 0 Å². The monoisotopic (exact) mass is 283 g/mol. The SMILES string of the molecule is CCC1(CO)CCN(C(=O)Nc2ncc(C)s2)CC1. The molecule has 1 aliphatic rings. The molecule has 1 fully saturated rings. The largest absolute Gasteiger partial charge is 0.396 e. The summed E-state index contributed by atoms with van der Waals surface area (Å²) in [5.41, 5.74) is 0.00848. The standard InChI is InChI=1S/C13H21N3O2S/c1-3-13(9-17)4-6-16(7-5-13)12(18)15-11-14-8-10(2)19-11/h8,17H,3-7,9H2,1-2H3,(H,14,15,18). The molecule has 0 unspecified atom stereocenters. The van der Waals surface area contributed by atoms with Gasteiger partial charge in [-0.05, 0) is 31.6 Å². The molecule has 0 spiro atoms. The summed E-state index contributed by atoms with van der Waals surface area (Å²) >= 11 is 1.48. The third-order valence-electron chi connectivity index (χ3n) is 4.03. The second kappa shape index (κ2) is 5.88. The Morgan fingerprint density at radius 2 is 2.26 bits per heavy atom. The average Bonchev–Trinajstić information content (AvgIpc) is 2.84. The van der Waals surface area contributed by atoms with Gasteiger partial charge in [0.05, 0.1) is 0 Å². The third kappa shape index (κ3) is 3.25. The van der Waals surface area contributed by atoms with E-state index in [2.05, 4.69) is 17.2 Å². The highest BCUT2D eigenvalue weighted by Crippen LogP contribution is 2.34. The number of nitrogens with one attached hydrogen (secondary N) is 1. The van der Waals surface area contributed by atoms with Gasteiger partial charge in [0.2, 0.25) is 0 Å². The first-order valence-corrected chi connectivity index (χ1v) is 7.49. The molecule has 1 saturated heterocycles. The Labute approximate surface area is 117 Å². The maximum Gasteiger partial charge on any atom is 0.323 e. The molecule has 0 aliphatic carbocycles. The molecule has 0 radical (unpaired) electrons. The Hall–Kier alpha value is -1.14. The smallest absolute Gasteiger partial charge is 0.323 e. The topological polar surface area (TPSA) is 65.5 Å². The quantitative estimate of drug-likeness (QED) is 0.895. The van der Waals surface area contributed by atoms with Crippen LogP contribution in [0.15, 0.2) is 6.20 Å². The van der Waals surface area contributed by atoms with Crippen LogP contribution in [0.25, 0.3) is 0 Å². The minimum absolute atomic E-state index is 0.00848. The number of nitrogens with zero attached hydrogens (tertiary/aromatic N) is 2. The molecule has 106 valence electrons. The number of aliphatic hydroxyl groups is 1. The van der Waals surface area contributed by atoms with E-state index in [4.69, 9.17) is 0 Å². The molecule has 0 atom stereocenters. The number of carbonyl (C=O) groups excluding carboxylic acids is 1. The number of anilines is 1. The van der Waals surface area contributed by atoms with Crippen molar-refractivity contribution < 1.29 is 9.90 Å². The Balaban J connectivity index is 1.89. The van der Waals surface area contributed by atoms with Crippen LogP contribution < -0.4 is 5.32 Å². The predicted octanol–water partition coefficient (Wildman–Crippen LogP) is 2.47. The van der Waals surface area contributed by atoms with Crippen LogP contribution >= 0.6 is 11.3 Å². The summed E-state index contributed by atoms with van der Waals surface area (Å²) in [4.78, 5) is 19.1. The van der Waals surface area contributed by atoms with Crippen LogP contribution in [-0.2, 0) is 0 Å². The molecule has 1 aliphatic heterocycles. The van der Waals surface area contributed by atoms with Crippen molar-refractivity contribution in [2.24, 2.45) is 5.41 Å². The van der Waals surface area contributed by atoms with Crippen molar-refractivity contribution in [3.63, 3.8) is 0 Å². The highest BCUT2D eigenvalue weighted by atomic mass is 32.1. The van der Waals surface area contributed by atoms with Crippen LogP contribution in [0.1, 0.15) is 31.1 Å². The van der Waals surface area contributed by atoms with E-state index in [0.717, 1.165) is 24.1 Å². The van der Waals surface area contributed by atoms with Gasteiger partial charge in [-0.2, -0.15) is 0 Å². The number of hydrogen-bond donors (Lipinski definition) is 2. The van der Waals surface area contributed by atoms with Gasteiger partial charge in [-0.1, -0.05) is 6.92 Å². The predicted molar refractivity (Wildman–Crippen MR) is 76.5 cm³/mol. The minimum atomic E-state index is -0.0861. The van der Waals surface area contributed by atoms with E-state index in [1.165, 1.54) is 11.3 Å². The molecule has 5 nitrogen and oxygen atoms in total. The molecule has 2 rings (SSSR count). The summed E-state index contributed by atoms with van der Waals surface area (Å²) in [5, 5.41) is 13.0. The molecule has 2 N–H and O–H groups in total. The van der Waals surface area contributed by atoms with E-state index < -0.39 is 0 Å². The highest BCUT2D eigenvalue weighted by molar-refractivity contribution is 7.15. The fourth-order valence-corrected chi connectivity index (χ4v) is 3.04. The zero-order chi connectivity index (χ0) is 13.9. The Morgan fingerprint density at radius 1 is 1.58 bits per heavy atom. The molecular formula is C13H21N3O2S. The fraction of sp³-hybridized carbons (Fsp3) is 0.692. The van der Waals surface area contributed by atoms with Crippen molar-refractivity contribution in [2.75, 3.05) is 25.0 Å². The van der Waals surface area contributed by atoms with Crippen LogP contribution in [0.5, 0.6) is 0 Å². The Morgan fingerprint density at radius 3 is 2.74 bits per heavy atom. The number of carbonyl (C=O) groups is 1. The third-order valence-corrected chi connectivity index (χ3v) is 4.86. The number of thiazole rings is 1. The number of aliphatic hydroxyl groups excluding tert-OH is 1. The van der Waals surface area contributed by atoms with Crippen LogP contribution in [0.3, 0.4) is 0 Å². The maximum atomic E-state index is 12.1. The lowest BCUT2D eigenvalue weighted by atomic mass is 9.77. The van der Waals surface area contributed by atoms with E-state index >= 15 is 0 Å². The van der Waals surface area contributed by atoms with Gasteiger partial charge in [0, 0.05) is 30.8 Å². The summed E-state index contributed by atoms with van der Waals surface area (Å²) in [6.45, 7) is 5.68. The average molecular weight is 283 g/mol. The van der Waals surface area contributed by atoms with E-state index in [1.54, 1.807) is 11.1 Å². The number of likely N-dealkylation sites (tertiary alicyclic amines) is 1. The van der Waals surface area contributed by atoms with Crippen LogP contribution in [0, 0.1) is 12.3 Å². The Bertz CT molecular complexity index is 433.